The molecule has 1 rings (SSSR count). The molecule has 0 saturated heterocycles. The van der Waals surface area contributed by atoms with Gasteiger partial charge < -0.3 is 4.74 Å². The minimum absolute atomic E-state index is 0.107. The van der Waals surface area contributed by atoms with E-state index >= 15 is 0 Å². The molecule has 0 amide bonds. The maximum absolute atomic E-state index is 11.1. The van der Waals surface area contributed by atoms with E-state index in [4.69, 9.17) is 4.74 Å². The molecule has 78 valence electrons. The van der Waals surface area contributed by atoms with Gasteiger partial charge >= 0.3 is 5.97 Å². The zero-order chi connectivity index (χ0) is 10.1. The molecule has 0 aliphatic carbocycles. The molecule has 0 aromatic carbocycles. The molecule has 0 bridgehead atoms. The van der Waals surface area contributed by atoms with Crippen molar-refractivity contribution >= 4 is 5.97 Å². The maximum Gasteiger partial charge on any atom is 0.309 e. The molecule has 0 fully saturated rings. The first-order valence-corrected chi connectivity index (χ1v) is 5.35. The second-order valence-electron chi connectivity index (χ2n) is 3.45. The number of carbonyl (C=O) groups is 1. The lowest BCUT2D eigenvalue weighted by molar-refractivity contribution is -0.142. The van der Waals surface area contributed by atoms with Gasteiger partial charge in [-0.05, 0) is 32.1 Å². The van der Waals surface area contributed by atoms with Crippen LogP contribution in [0, 0.1) is 0 Å². The Morgan fingerprint density at radius 1 is 1.00 bits per heavy atom. The molecule has 0 saturated carbocycles. The van der Waals surface area contributed by atoms with Gasteiger partial charge in [0.05, 0.1) is 13.0 Å². The zero-order valence-corrected chi connectivity index (χ0v) is 8.58. The monoisotopic (exact) mass is 194 g/mol. The Morgan fingerprint density at radius 3 is 2.79 bits per heavy atom. The summed E-state index contributed by atoms with van der Waals surface area (Å²) in [5, 5.41) is 0. The van der Waals surface area contributed by atoms with Crippen molar-refractivity contribution in [1.29, 1.82) is 0 Å². The average Bonchev–Trinajstić information content (AvgIpc) is 2.20. The first-order chi connectivity index (χ1) is 6.89. The van der Waals surface area contributed by atoms with E-state index < -0.39 is 0 Å². The zero-order valence-electron chi connectivity index (χ0n) is 8.58. The third-order valence-corrected chi connectivity index (χ3v) is 2.17. The van der Waals surface area contributed by atoms with E-state index in [1.165, 1.54) is 6.42 Å². The van der Waals surface area contributed by atoms with Crippen LogP contribution in [0.2, 0.25) is 0 Å². The molecule has 0 atom stereocenters. The molecule has 1 aliphatic rings. The van der Waals surface area contributed by atoms with E-state index in [0.29, 0.717) is 13.0 Å². The van der Waals surface area contributed by atoms with Gasteiger partial charge in [0.1, 0.15) is 0 Å². The summed E-state index contributed by atoms with van der Waals surface area (Å²) in [6, 6.07) is 0. The van der Waals surface area contributed by atoms with Crippen LogP contribution in [0.4, 0.5) is 0 Å². The van der Waals surface area contributed by atoms with Gasteiger partial charge in [-0.2, -0.15) is 0 Å². The smallest absolute Gasteiger partial charge is 0.309 e. The van der Waals surface area contributed by atoms with Crippen LogP contribution in [0.15, 0.2) is 24.3 Å². The first kappa shape index (κ1) is 11.0. The lowest BCUT2D eigenvalue weighted by Crippen LogP contribution is -2.04. The van der Waals surface area contributed by atoms with Crippen LogP contribution >= 0.6 is 0 Å². The molecule has 2 nitrogen and oxygen atoms in total. The Balaban J connectivity index is 2.32. The van der Waals surface area contributed by atoms with Gasteiger partial charge in [0, 0.05) is 0 Å². The topological polar surface area (TPSA) is 26.3 Å². The van der Waals surface area contributed by atoms with Crippen LogP contribution in [0.25, 0.3) is 0 Å². The SMILES string of the molecule is O=C1CC=CCC=CCCCCCO1. The summed E-state index contributed by atoms with van der Waals surface area (Å²) in [6.45, 7) is 0.580. The molecule has 14 heavy (non-hydrogen) atoms. The Hall–Kier alpha value is -1.05. The van der Waals surface area contributed by atoms with E-state index in [2.05, 4.69) is 12.2 Å². The van der Waals surface area contributed by atoms with Gasteiger partial charge in [0.2, 0.25) is 0 Å². The van der Waals surface area contributed by atoms with Crippen molar-refractivity contribution in [1.82, 2.24) is 0 Å². The molecule has 2 heteroatoms. The van der Waals surface area contributed by atoms with Crippen LogP contribution in [0.1, 0.15) is 38.5 Å². The Kier molecular flexibility index (Phi) is 5.80. The van der Waals surface area contributed by atoms with Crippen LogP contribution in [0.5, 0.6) is 0 Å². The molecule has 0 unspecified atom stereocenters. The molecular formula is C12H18O2. The Labute approximate surface area is 85.6 Å². The summed E-state index contributed by atoms with van der Waals surface area (Å²) in [5.41, 5.74) is 0. The Bertz CT molecular complexity index is 216. The summed E-state index contributed by atoms with van der Waals surface area (Å²) < 4.78 is 5.04. The molecule has 1 heterocycles. The van der Waals surface area contributed by atoms with Crippen molar-refractivity contribution in [3.8, 4) is 0 Å². The molecule has 0 aromatic heterocycles. The second kappa shape index (κ2) is 7.36. The first-order valence-electron chi connectivity index (χ1n) is 5.35. The number of carbonyl (C=O) groups excluding carboxylic acids is 1. The fourth-order valence-corrected chi connectivity index (χ4v) is 1.35. The van der Waals surface area contributed by atoms with Gasteiger partial charge in [-0.15, -0.1) is 0 Å². The maximum atomic E-state index is 11.1. The number of rotatable bonds is 0. The molecule has 0 spiro atoms. The normalized spacial score (nSPS) is 20.4. The van der Waals surface area contributed by atoms with Gasteiger partial charge in [-0.3, -0.25) is 4.79 Å². The van der Waals surface area contributed by atoms with Crippen molar-refractivity contribution < 1.29 is 9.53 Å². The number of ether oxygens (including phenoxy) is 1. The molecule has 0 aromatic rings. The van der Waals surface area contributed by atoms with Gasteiger partial charge in [0.25, 0.3) is 0 Å². The van der Waals surface area contributed by atoms with Crippen molar-refractivity contribution in [2.45, 2.75) is 38.5 Å². The second-order valence-corrected chi connectivity index (χ2v) is 3.45. The Morgan fingerprint density at radius 2 is 1.86 bits per heavy atom. The molecular weight excluding hydrogens is 176 g/mol. The predicted molar refractivity (Wildman–Crippen MR) is 56.9 cm³/mol. The lowest BCUT2D eigenvalue weighted by atomic mass is 10.2. The quantitative estimate of drug-likeness (QED) is 0.437. The van der Waals surface area contributed by atoms with E-state index in [1.807, 2.05) is 12.2 Å². The fraction of sp³-hybridized carbons (Fsp3) is 0.583. The van der Waals surface area contributed by atoms with Gasteiger partial charge in [-0.1, -0.05) is 24.3 Å². The third kappa shape index (κ3) is 5.57. The van der Waals surface area contributed by atoms with Crippen molar-refractivity contribution in [2.75, 3.05) is 6.61 Å². The van der Waals surface area contributed by atoms with Crippen molar-refractivity contribution in [3.05, 3.63) is 24.3 Å². The third-order valence-electron chi connectivity index (χ3n) is 2.17. The van der Waals surface area contributed by atoms with Crippen LogP contribution < -0.4 is 0 Å². The summed E-state index contributed by atoms with van der Waals surface area (Å²) in [4.78, 5) is 11.1. The van der Waals surface area contributed by atoms with E-state index in [0.717, 1.165) is 25.7 Å². The number of allylic oxidation sites excluding steroid dienone is 3. The van der Waals surface area contributed by atoms with Gasteiger partial charge in [0.15, 0.2) is 0 Å². The number of hydrogen-bond acceptors (Lipinski definition) is 2. The predicted octanol–water partition coefficient (Wildman–Crippen LogP) is 3.00. The molecule has 1 aliphatic heterocycles. The highest BCUT2D eigenvalue weighted by Crippen LogP contribution is 2.03. The van der Waals surface area contributed by atoms with E-state index in [1.54, 1.807) is 0 Å². The molecule has 0 radical (unpaired) electrons. The number of cyclic esters (lactones) is 1. The fourth-order valence-electron chi connectivity index (χ4n) is 1.35. The number of esters is 1. The van der Waals surface area contributed by atoms with Crippen molar-refractivity contribution in [3.63, 3.8) is 0 Å². The highest BCUT2D eigenvalue weighted by molar-refractivity contribution is 5.71. The lowest BCUT2D eigenvalue weighted by Gasteiger charge is -2.01. The minimum atomic E-state index is -0.107. The van der Waals surface area contributed by atoms with Gasteiger partial charge in [-0.25, -0.2) is 0 Å². The van der Waals surface area contributed by atoms with E-state index in [9.17, 15) is 4.79 Å². The highest BCUT2D eigenvalue weighted by atomic mass is 16.5. The molecule has 0 N–H and O–H groups in total. The average molecular weight is 194 g/mol. The van der Waals surface area contributed by atoms with Crippen LogP contribution in [-0.4, -0.2) is 12.6 Å². The summed E-state index contributed by atoms with van der Waals surface area (Å²) in [5.74, 6) is -0.107. The minimum Gasteiger partial charge on any atom is -0.465 e. The van der Waals surface area contributed by atoms with E-state index in [-0.39, 0.29) is 5.97 Å². The largest absolute Gasteiger partial charge is 0.465 e. The summed E-state index contributed by atoms with van der Waals surface area (Å²) >= 11 is 0. The standard InChI is InChI=1S/C12H18O2/c13-12-10-8-6-4-2-1-3-5-7-9-11-14-12/h1-2,6,8H,3-5,7,9-11H2. The van der Waals surface area contributed by atoms with Crippen LogP contribution in [-0.2, 0) is 9.53 Å². The van der Waals surface area contributed by atoms with Crippen LogP contribution in [0.3, 0.4) is 0 Å². The number of hydrogen-bond donors (Lipinski definition) is 0. The van der Waals surface area contributed by atoms with Crippen molar-refractivity contribution in [2.24, 2.45) is 0 Å². The highest BCUT2D eigenvalue weighted by Gasteiger charge is 1.98. The summed E-state index contributed by atoms with van der Waals surface area (Å²) in [6.07, 6.45) is 14.1. The summed E-state index contributed by atoms with van der Waals surface area (Å²) in [7, 11) is 0.